The summed E-state index contributed by atoms with van der Waals surface area (Å²) in [6.07, 6.45) is 3.57. The third kappa shape index (κ3) is 3.24. The van der Waals surface area contributed by atoms with E-state index in [2.05, 4.69) is 20.7 Å². The SMILES string of the molecule is Cn1cc(-c2cc(C(=O)Nc3ccc4c(c3)OCC(=O)N4)c3ccccc3n2)cn1. The summed E-state index contributed by atoms with van der Waals surface area (Å²) in [5.41, 5.74) is 3.88. The van der Waals surface area contributed by atoms with E-state index in [1.807, 2.05) is 37.5 Å². The maximum atomic E-state index is 13.2. The lowest BCUT2D eigenvalue weighted by Crippen LogP contribution is -2.25. The number of carbonyl (C=O) groups excluding carboxylic acids is 2. The van der Waals surface area contributed by atoms with Crippen molar-refractivity contribution < 1.29 is 14.3 Å². The molecule has 2 aromatic heterocycles. The van der Waals surface area contributed by atoms with Crippen LogP contribution in [-0.4, -0.2) is 33.2 Å². The fourth-order valence-electron chi connectivity index (χ4n) is 3.42. The summed E-state index contributed by atoms with van der Waals surface area (Å²) in [4.78, 5) is 29.3. The molecule has 8 heteroatoms. The molecule has 3 heterocycles. The van der Waals surface area contributed by atoms with Crippen molar-refractivity contribution in [3.63, 3.8) is 0 Å². The second-order valence-corrected chi connectivity index (χ2v) is 6.98. The number of hydrogen-bond donors (Lipinski definition) is 2. The lowest BCUT2D eigenvalue weighted by molar-refractivity contribution is -0.118. The van der Waals surface area contributed by atoms with Crippen LogP contribution in [0.4, 0.5) is 11.4 Å². The number of aromatic nitrogens is 3. The molecule has 0 saturated carbocycles. The first kappa shape index (κ1) is 17.9. The van der Waals surface area contributed by atoms with E-state index in [0.717, 1.165) is 16.5 Å². The molecule has 2 N–H and O–H groups in total. The van der Waals surface area contributed by atoms with Crippen molar-refractivity contribution in [2.24, 2.45) is 7.05 Å². The van der Waals surface area contributed by atoms with Crippen LogP contribution in [0.2, 0.25) is 0 Å². The normalized spacial score (nSPS) is 12.8. The number of anilines is 2. The Kier molecular flexibility index (Phi) is 4.17. The Morgan fingerprint density at radius 2 is 2.07 bits per heavy atom. The molecule has 4 aromatic rings. The summed E-state index contributed by atoms with van der Waals surface area (Å²) in [6, 6.07) is 14.4. The van der Waals surface area contributed by atoms with Gasteiger partial charge in [0.1, 0.15) is 5.75 Å². The summed E-state index contributed by atoms with van der Waals surface area (Å²) in [7, 11) is 1.83. The Labute approximate surface area is 171 Å². The molecule has 0 unspecified atom stereocenters. The molecule has 8 nitrogen and oxygen atoms in total. The molecule has 0 saturated heterocycles. The van der Waals surface area contributed by atoms with Crippen LogP contribution in [0.5, 0.6) is 5.75 Å². The van der Waals surface area contributed by atoms with Crippen LogP contribution in [0.3, 0.4) is 0 Å². The second kappa shape index (κ2) is 7.00. The molecule has 0 spiro atoms. The number of aryl methyl sites for hydroxylation is 1. The fourth-order valence-corrected chi connectivity index (χ4v) is 3.42. The van der Waals surface area contributed by atoms with Crippen molar-refractivity contribution in [2.45, 2.75) is 0 Å². The molecular formula is C22H17N5O3. The topological polar surface area (TPSA) is 98.1 Å². The van der Waals surface area contributed by atoms with E-state index in [1.165, 1.54) is 0 Å². The van der Waals surface area contributed by atoms with Crippen LogP contribution in [0.15, 0.2) is 60.9 Å². The number of amides is 2. The number of rotatable bonds is 3. The Hall–Kier alpha value is -4.20. The molecule has 5 rings (SSSR count). The average molecular weight is 399 g/mol. The summed E-state index contributed by atoms with van der Waals surface area (Å²) in [6.45, 7) is -0.0478. The number of pyridine rings is 1. The summed E-state index contributed by atoms with van der Waals surface area (Å²) >= 11 is 0. The fraction of sp³-hybridized carbons (Fsp3) is 0.0909. The standard InChI is InChI=1S/C22H17N5O3/c1-27-11-13(10-23-27)19-9-16(15-4-2-3-5-17(15)25-19)22(29)24-14-6-7-18-20(8-14)30-12-21(28)26-18/h2-11H,12H2,1H3,(H,24,29)(H,26,28). The van der Waals surface area contributed by atoms with Gasteiger partial charge in [-0.05, 0) is 24.3 Å². The number of benzene rings is 2. The molecule has 0 fully saturated rings. The van der Waals surface area contributed by atoms with Gasteiger partial charge >= 0.3 is 0 Å². The van der Waals surface area contributed by atoms with E-state index in [9.17, 15) is 9.59 Å². The van der Waals surface area contributed by atoms with Crippen LogP contribution < -0.4 is 15.4 Å². The highest BCUT2D eigenvalue weighted by atomic mass is 16.5. The van der Waals surface area contributed by atoms with Gasteiger partial charge in [-0.15, -0.1) is 0 Å². The predicted molar refractivity (Wildman–Crippen MR) is 112 cm³/mol. The lowest BCUT2D eigenvalue weighted by Gasteiger charge is -2.18. The van der Waals surface area contributed by atoms with E-state index in [1.54, 1.807) is 35.1 Å². The van der Waals surface area contributed by atoms with E-state index in [0.29, 0.717) is 28.4 Å². The minimum Gasteiger partial charge on any atom is -0.482 e. The first-order valence-electron chi connectivity index (χ1n) is 9.34. The van der Waals surface area contributed by atoms with Gasteiger partial charge in [-0.2, -0.15) is 5.10 Å². The first-order valence-corrected chi connectivity index (χ1v) is 9.34. The molecule has 2 aromatic carbocycles. The van der Waals surface area contributed by atoms with Gasteiger partial charge < -0.3 is 15.4 Å². The van der Waals surface area contributed by atoms with Crippen molar-refractivity contribution in [1.29, 1.82) is 0 Å². The number of hydrogen-bond acceptors (Lipinski definition) is 5. The molecule has 148 valence electrons. The largest absolute Gasteiger partial charge is 0.482 e. The molecular weight excluding hydrogens is 382 g/mol. The zero-order valence-corrected chi connectivity index (χ0v) is 16.0. The number of nitrogens with zero attached hydrogens (tertiary/aromatic N) is 3. The van der Waals surface area contributed by atoms with Crippen LogP contribution in [-0.2, 0) is 11.8 Å². The molecule has 30 heavy (non-hydrogen) atoms. The van der Waals surface area contributed by atoms with Gasteiger partial charge in [0, 0.05) is 35.9 Å². The molecule has 0 atom stereocenters. The highest BCUT2D eigenvalue weighted by Crippen LogP contribution is 2.31. The minimum absolute atomic E-state index is 0.0478. The van der Waals surface area contributed by atoms with Crippen molar-refractivity contribution >= 4 is 34.1 Å². The van der Waals surface area contributed by atoms with Gasteiger partial charge in [-0.25, -0.2) is 4.98 Å². The van der Waals surface area contributed by atoms with Gasteiger partial charge in [-0.1, -0.05) is 18.2 Å². The maximum Gasteiger partial charge on any atom is 0.262 e. The monoisotopic (exact) mass is 399 g/mol. The second-order valence-electron chi connectivity index (χ2n) is 6.98. The minimum atomic E-state index is -0.265. The molecule has 1 aliphatic rings. The van der Waals surface area contributed by atoms with Gasteiger partial charge in [0.15, 0.2) is 6.61 Å². The van der Waals surface area contributed by atoms with Crippen LogP contribution in [0.1, 0.15) is 10.4 Å². The van der Waals surface area contributed by atoms with E-state index in [4.69, 9.17) is 4.74 Å². The average Bonchev–Trinajstić information content (AvgIpc) is 3.19. The summed E-state index contributed by atoms with van der Waals surface area (Å²) in [5.74, 6) is 0.0482. The van der Waals surface area contributed by atoms with Crippen LogP contribution >= 0.6 is 0 Å². The lowest BCUT2D eigenvalue weighted by atomic mass is 10.0. The Morgan fingerprint density at radius 1 is 1.20 bits per heavy atom. The van der Waals surface area contributed by atoms with Gasteiger partial charge in [0.25, 0.3) is 11.8 Å². The maximum absolute atomic E-state index is 13.2. The van der Waals surface area contributed by atoms with Gasteiger partial charge in [-0.3, -0.25) is 14.3 Å². The van der Waals surface area contributed by atoms with Crippen molar-refractivity contribution in [2.75, 3.05) is 17.2 Å². The smallest absolute Gasteiger partial charge is 0.262 e. The van der Waals surface area contributed by atoms with Crippen molar-refractivity contribution in [1.82, 2.24) is 14.8 Å². The third-order valence-electron chi connectivity index (χ3n) is 4.83. The zero-order valence-electron chi connectivity index (χ0n) is 16.0. The molecule has 0 bridgehead atoms. The predicted octanol–water partition coefficient (Wildman–Crippen LogP) is 3.22. The number of para-hydroxylation sites is 1. The van der Waals surface area contributed by atoms with E-state index < -0.39 is 0 Å². The molecule has 1 aliphatic heterocycles. The third-order valence-corrected chi connectivity index (χ3v) is 4.83. The number of fused-ring (bicyclic) bond motifs is 2. The Balaban J connectivity index is 1.52. The first-order chi connectivity index (χ1) is 14.6. The summed E-state index contributed by atoms with van der Waals surface area (Å²) < 4.78 is 7.12. The number of carbonyl (C=O) groups is 2. The number of nitrogens with one attached hydrogen (secondary N) is 2. The Bertz CT molecular complexity index is 1310. The van der Waals surface area contributed by atoms with Crippen LogP contribution in [0.25, 0.3) is 22.2 Å². The summed E-state index contributed by atoms with van der Waals surface area (Å²) in [5, 5.41) is 10.6. The highest BCUT2D eigenvalue weighted by Gasteiger charge is 2.18. The Morgan fingerprint density at radius 3 is 2.90 bits per heavy atom. The van der Waals surface area contributed by atoms with Crippen molar-refractivity contribution in [3.05, 3.63) is 66.5 Å². The zero-order chi connectivity index (χ0) is 20.7. The van der Waals surface area contributed by atoms with Gasteiger partial charge in [0.2, 0.25) is 0 Å². The highest BCUT2D eigenvalue weighted by molar-refractivity contribution is 6.13. The number of ether oxygens (including phenoxy) is 1. The molecule has 0 radical (unpaired) electrons. The van der Waals surface area contributed by atoms with Crippen molar-refractivity contribution in [3.8, 4) is 17.0 Å². The van der Waals surface area contributed by atoms with E-state index >= 15 is 0 Å². The quantitative estimate of drug-likeness (QED) is 0.551. The van der Waals surface area contributed by atoms with Crippen LogP contribution in [0, 0.1) is 0 Å². The van der Waals surface area contributed by atoms with E-state index in [-0.39, 0.29) is 18.4 Å². The molecule has 2 amide bonds. The molecule has 0 aliphatic carbocycles. The van der Waals surface area contributed by atoms with Gasteiger partial charge in [0.05, 0.1) is 28.7 Å².